The van der Waals surface area contributed by atoms with Crippen molar-refractivity contribution in [2.24, 2.45) is 5.41 Å². The molecule has 0 bridgehead atoms. The molecule has 0 saturated heterocycles. The Morgan fingerprint density at radius 3 is 2.21 bits per heavy atom. The molecule has 0 aliphatic heterocycles. The number of aliphatic hydroxyl groups is 3. The molecule has 0 saturated carbocycles. The molecule has 3 heteroatoms. The van der Waals surface area contributed by atoms with E-state index in [1.54, 1.807) is 0 Å². The van der Waals surface area contributed by atoms with Crippen LogP contribution in [0.15, 0.2) is 0 Å². The monoisotopic (exact) mass is 204 g/mol. The van der Waals surface area contributed by atoms with Crippen LogP contribution in [-0.4, -0.2) is 34.6 Å². The van der Waals surface area contributed by atoms with Crippen LogP contribution in [0.4, 0.5) is 0 Å². The van der Waals surface area contributed by atoms with Crippen molar-refractivity contribution < 1.29 is 15.3 Å². The molecule has 0 aromatic carbocycles. The van der Waals surface area contributed by atoms with E-state index in [2.05, 4.69) is 6.92 Å². The van der Waals surface area contributed by atoms with E-state index in [-0.39, 0.29) is 13.2 Å². The average molecular weight is 204 g/mol. The molecule has 0 fully saturated rings. The van der Waals surface area contributed by atoms with E-state index in [4.69, 9.17) is 5.11 Å². The molecule has 86 valence electrons. The molecule has 0 aliphatic rings. The summed E-state index contributed by atoms with van der Waals surface area (Å²) >= 11 is 0. The fourth-order valence-corrected chi connectivity index (χ4v) is 1.83. The number of unbranched alkanes of at least 4 members (excludes halogenated alkanes) is 1. The van der Waals surface area contributed by atoms with Crippen molar-refractivity contribution in [2.45, 2.75) is 52.1 Å². The zero-order valence-corrected chi connectivity index (χ0v) is 9.37. The Kier molecular flexibility index (Phi) is 7.15. The van der Waals surface area contributed by atoms with E-state index in [9.17, 15) is 10.2 Å². The van der Waals surface area contributed by atoms with Gasteiger partial charge in [-0.15, -0.1) is 0 Å². The van der Waals surface area contributed by atoms with Crippen molar-refractivity contribution in [3.63, 3.8) is 0 Å². The van der Waals surface area contributed by atoms with E-state index in [1.165, 1.54) is 0 Å². The van der Waals surface area contributed by atoms with Gasteiger partial charge in [-0.2, -0.15) is 0 Å². The summed E-state index contributed by atoms with van der Waals surface area (Å²) in [4.78, 5) is 0. The maximum absolute atomic E-state index is 9.87. The standard InChI is InChI=1S/C11H24O3/c1-3-5-7-11(4-2,9-13)10(14)6-8-12/h10,12-14H,3-9H2,1-2H3. The minimum absolute atomic E-state index is 0.00463. The predicted molar refractivity (Wildman–Crippen MR) is 57.0 cm³/mol. The second-order valence-corrected chi connectivity index (χ2v) is 4.01. The number of hydrogen-bond acceptors (Lipinski definition) is 3. The zero-order chi connectivity index (χ0) is 11.0. The van der Waals surface area contributed by atoms with Gasteiger partial charge < -0.3 is 15.3 Å². The van der Waals surface area contributed by atoms with Crippen molar-refractivity contribution in [3.8, 4) is 0 Å². The summed E-state index contributed by atoms with van der Waals surface area (Å²) in [5.74, 6) is 0. The highest BCUT2D eigenvalue weighted by molar-refractivity contribution is 4.84. The molecule has 0 aliphatic carbocycles. The summed E-state index contributed by atoms with van der Waals surface area (Å²) in [5, 5.41) is 28.0. The lowest BCUT2D eigenvalue weighted by atomic mass is 9.75. The highest BCUT2D eigenvalue weighted by Crippen LogP contribution is 2.33. The van der Waals surface area contributed by atoms with Crippen LogP contribution in [0.2, 0.25) is 0 Å². The van der Waals surface area contributed by atoms with Crippen LogP contribution >= 0.6 is 0 Å². The quantitative estimate of drug-likeness (QED) is 0.558. The van der Waals surface area contributed by atoms with Gasteiger partial charge in [0.25, 0.3) is 0 Å². The molecule has 14 heavy (non-hydrogen) atoms. The molecule has 3 N–H and O–H groups in total. The van der Waals surface area contributed by atoms with Gasteiger partial charge in [-0.3, -0.25) is 0 Å². The summed E-state index contributed by atoms with van der Waals surface area (Å²) in [6.45, 7) is 4.06. The summed E-state index contributed by atoms with van der Waals surface area (Å²) in [7, 11) is 0. The van der Waals surface area contributed by atoms with Gasteiger partial charge in [-0.1, -0.05) is 26.7 Å². The molecular formula is C11H24O3. The Labute approximate surface area is 86.8 Å². The molecule has 0 radical (unpaired) electrons. The second kappa shape index (κ2) is 7.21. The van der Waals surface area contributed by atoms with E-state index in [0.29, 0.717) is 6.42 Å². The largest absolute Gasteiger partial charge is 0.396 e. The maximum atomic E-state index is 9.87. The lowest BCUT2D eigenvalue weighted by molar-refractivity contribution is -0.0390. The summed E-state index contributed by atoms with van der Waals surface area (Å²) < 4.78 is 0. The number of hydrogen-bond donors (Lipinski definition) is 3. The molecule has 2 unspecified atom stereocenters. The first-order valence-corrected chi connectivity index (χ1v) is 5.56. The van der Waals surface area contributed by atoms with E-state index in [0.717, 1.165) is 25.7 Å². The summed E-state index contributed by atoms with van der Waals surface area (Å²) in [5.41, 5.74) is -0.404. The molecule has 3 nitrogen and oxygen atoms in total. The first kappa shape index (κ1) is 13.9. The van der Waals surface area contributed by atoms with Crippen LogP contribution < -0.4 is 0 Å². The number of rotatable bonds is 8. The lowest BCUT2D eigenvalue weighted by Crippen LogP contribution is -2.38. The molecule has 0 aromatic heterocycles. The van der Waals surface area contributed by atoms with Crippen LogP contribution in [0.1, 0.15) is 46.0 Å². The molecule has 0 aromatic rings. The van der Waals surface area contributed by atoms with Gasteiger partial charge >= 0.3 is 0 Å². The van der Waals surface area contributed by atoms with Gasteiger partial charge in [0.15, 0.2) is 0 Å². The van der Waals surface area contributed by atoms with Crippen molar-refractivity contribution in [1.29, 1.82) is 0 Å². The van der Waals surface area contributed by atoms with E-state index < -0.39 is 11.5 Å². The smallest absolute Gasteiger partial charge is 0.0640 e. The summed E-state index contributed by atoms with van der Waals surface area (Å²) in [6.07, 6.45) is 3.43. The van der Waals surface area contributed by atoms with Gasteiger partial charge in [0.2, 0.25) is 0 Å². The van der Waals surface area contributed by atoms with Crippen molar-refractivity contribution >= 4 is 0 Å². The van der Waals surface area contributed by atoms with Crippen LogP contribution in [0.25, 0.3) is 0 Å². The van der Waals surface area contributed by atoms with E-state index >= 15 is 0 Å². The van der Waals surface area contributed by atoms with Gasteiger partial charge in [0.1, 0.15) is 0 Å². The Hall–Kier alpha value is -0.120. The van der Waals surface area contributed by atoms with Crippen molar-refractivity contribution in [2.75, 3.05) is 13.2 Å². The molecular weight excluding hydrogens is 180 g/mol. The van der Waals surface area contributed by atoms with Gasteiger partial charge in [0, 0.05) is 12.0 Å². The highest BCUT2D eigenvalue weighted by Gasteiger charge is 2.34. The fourth-order valence-electron chi connectivity index (χ4n) is 1.83. The minimum Gasteiger partial charge on any atom is -0.396 e. The molecule has 0 spiro atoms. The third-order valence-corrected chi connectivity index (χ3v) is 3.16. The Balaban J connectivity index is 4.33. The molecule has 0 heterocycles. The Morgan fingerprint density at radius 2 is 1.86 bits per heavy atom. The molecule has 0 amide bonds. The third kappa shape index (κ3) is 3.56. The number of aliphatic hydroxyl groups excluding tert-OH is 3. The zero-order valence-electron chi connectivity index (χ0n) is 9.37. The Bertz CT molecular complexity index is 132. The predicted octanol–water partition coefficient (Wildman–Crippen LogP) is 1.31. The van der Waals surface area contributed by atoms with Crippen LogP contribution in [0.3, 0.4) is 0 Å². The van der Waals surface area contributed by atoms with Crippen molar-refractivity contribution in [3.05, 3.63) is 0 Å². The minimum atomic E-state index is -0.589. The highest BCUT2D eigenvalue weighted by atomic mass is 16.3. The normalized spacial score (nSPS) is 17.8. The summed E-state index contributed by atoms with van der Waals surface area (Å²) in [6, 6.07) is 0. The maximum Gasteiger partial charge on any atom is 0.0640 e. The first-order chi connectivity index (χ1) is 6.66. The second-order valence-electron chi connectivity index (χ2n) is 4.01. The van der Waals surface area contributed by atoms with Crippen LogP contribution in [-0.2, 0) is 0 Å². The average Bonchev–Trinajstić information content (AvgIpc) is 2.21. The van der Waals surface area contributed by atoms with Crippen molar-refractivity contribution in [1.82, 2.24) is 0 Å². The molecule has 0 rings (SSSR count). The van der Waals surface area contributed by atoms with Crippen LogP contribution in [0, 0.1) is 5.41 Å². The lowest BCUT2D eigenvalue weighted by Gasteiger charge is -2.35. The van der Waals surface area contributed by atoms with Crippen LogP contribution in [0.5, 0.6) is 0 Å². The molecule has 2 atom stereocenters. The first-order valence-electron chi connectivity index (χ1n) is 5.56. The topological polar surface area (TPSA) is 60.7 Å². The van der Waals surface area contributed by atoms with E-state index in [1.807, 2.05) is 6.92 Å². The van der Waals surface area contributed by atoms with Gasteiger partial charge in [0.05, 0.1) is 12.7 Å². The van der Waals surface area contributed by atoms with Gasteiger partial charge in [-0.05, 0) is 19.3 Å². The Morgan fingerprint density at radius 1 is 1.21 bits per heavy atom. The SMILES string of the molecule is CCCCC(CC)(CO)C(O)CCO. The fraction of sp³-hybridized carbons (Fsp3) is 1.00. The third-order valence-electron chi connectivity index (χ3n) is 3.16. The van der Waals surface area contributed by atoms with Gasteiger partial charge in [-0.25, -0.2) is 0 Å².